The lowest BCUT2D eigenvalue weighted by molar-refractivity contribution is -0.181. The Hall–Kier alpha value is -0.610. The van der Waals surface area contributed by atoms with E-state index in [9.17, 15) is 15.0 Å². The molecule has 2 N–H and O–H groups in total. The van der Waals surface area contributed by atoms with E-state index in [0.717, 1.165) is 12.8 Å². The van der Waals surface area contributed by atoms with Gasteiger partial charge in [0.2, 0.25) is 0 Å². The monoisotopic (exact) mass is 242 g/mol. The lowest BCUT2D eigenvalue weighted by Gasteiger charge is -2.48. The minimum Gasteiger partial charge on any atom is -0.481 e. The summed E-state index contributed by atoms with van der Waals surface area (Å²) in [7, 11) is 0. The summed E-state index contributed by atoms with van der Waals surface area (Å²) < 4.78 is 5.27. The Morgan fingerprint density at radius 1 is 1.24 bits per heavy atom. The lowest BCUT2D eigenvalue weighted by Crippen LogP contribution is -2.57. The van der Waals surface area contributed by atoms with Crippen molar-refractivity contribution in [3.63, 3.8) is 0 Å². The number of aliphatic carboxylic acids is 1. The number of carboxylic acid groups (broad SMARTS) is 1. The number of carboxylic acids is 1. The first-order chi connectivity index (χ1) is 7.81. The molecule has 1 heterocycles. The Kier molecular flexibility index (Phi) is 2.99. The molecule has 1 aliphatic carbocycles. The van der Waals surface area contributed by atoms with E-state index in [1.54, 1.807) is 0 Å². The maximum atomic E-state index is 11.6. The highest BCUT2D eigenvalue weighted by atomic mass is 16.5. The van der Waals surface area contributed by atoms with E-state index < -0.39 is 17.0 Å². The van der Waals surface area contributed by atoms with Crippen molar-refractivity contribution in [2.24, 2.45) is 10.8 Å². The van der Waals surface area contributed by atoms with Crippen LogP contribution in [0.3, 0.4) is 0 Å². The lowest BCUT2D eigenvalue weighted by atomic mass is 9.58. The Labute approximate surface area is 102 Å². The third-order valence-electron chi connectivity index (χ3n) is 4.54. The fraction of sp³-hybridized carbons (Fsp3) is 0.923. The van der Waals surface area contributed by atoms with E-state index in [1.165, 1.54) is 0 Å². The number of carbonyl (C=O) groups is 1. The fourth-order valence-corrected chi connectivity index (χ4v) is 3.54. The van der Waals surface area contributed by atoms with E-state index >= 15 is 0 Å². The quantitative estimate of drug-likeness (QED) is 0.775. The SMILES string of the molecule is CC1(C)CCCC(O)(C2(C(=O)O)CCOC2)C1. The van der Waals surface area contributed by atoms with Gasteiger partial charge < -0.3 is 14.9 Å². The van der Waals surface area contributed by atoms with Gasteiger partial charge in [0, 0.05) is 6.61 Å². The molecule has 0 aromatic heterocycles. The second kappa shape index (κ2) is 3.95. The summed E-state index contributed by atoms with van der Waals surface area (Å²) >= 11 is 0. The predicted molar refractivity (Wildman–Crippen MR) is 62.7 cm³/mol. The Morgan fingerprint density at radius 3 is 2.41 bits per heavy atom. The molecule has 2 aliphatic rings. The zero-order valence-corrected chi connectivity index (χ0v) is 10.7. The topological polar surface area (TPSA) is 66.8 Å². The van der Waals surface area contributed by atoms with Gasteiger partial charge in [0.05, 0.1) is 12.2 Å². The molecule has 0 radical (unpaired) electrons. The highest BCUT2D eigenvalue weighted by Gasteiger charge is 2.60. The molecule has 0 aromatic carbocycles. The summed E-state index contributed by atoms with van der Waals surface area (Å²) in [5.74, 6) is -0.907. The third-order valence-corrected chi connectivity index (χ3v) is 4.54. The molecule has 98 valence electrons. The Morgan fingerprint density at radius 2 is 1.94 bits per heavy atom. The van der Waals surface area contributed by atoms with Crippen LogP contribution in [-0.2, 0) is 9.53 Å². The van der Waals surface area contributed by atoms with Gasteiger partial charge in [-0.15, -0.1) is 0 Å². The average molecular weight is 242 g/mol. The van der Waals surface area contributed by atoms with Crippen LogP contribution < -0.4 is 0 Å². The summed E-state index contributed by atoms with van der Waals surface area (Å²) in [6.07, 6.45) is 3.49. The van der Waals surface area contributed by atoms with Crippen LogP contribution >= 0.6 is 0 Å². The molecule has 0 aromatic rings. The average Bonchev–Trinajstić information content (AvgIpc) is 2.64. The molecule has 0 amide bonds. The fourth-order valence-electron chi connectivity index (χ4n) is 3.54. The van der Waals surface area contributed by atoms with Crippen molar-refractivity contribution in [3.05, 3.63) is 0 Å². The van der Waals surface area contributed by atoms with Crippen molar-refractivity contribution in [2.45, 2.75) is 51.6 Å². The van der Waals surface area contributed by atoms with Gasteiger partial charge in [-0.1, -0.05) is 20.3 Å². The number of hydrogen-bond acceptors (Lipinski definition) is 3. The molecule has 2 atom stereocenters. The van der Waals surface area contributed by atoms with Crippen molar-refractivity contribution in [3.8, 4) is 0 Å². The van der Waals surface area contributed by atoms with Gasteiger partial charge in [0.15, 0.2) is 0 Å². The van der Waals surface area contributed by atoms with Crippen LogP contribution in [0.15, 0.2) is 0 Å². The maximum Gasteiger partial charge on any atom is 0.315 e. The molecule has 2 fully saturated rings. The summed E-state index contributed by atoms with van der Waals surface area (Å²) in [6.45, 7) is 4.79. The van der Waals surface area contributed by atoms with E-state index in [1.807, 2.05) is 0 Å². The molecule has 0 spiro atoms. The molecule has 0 bridgehead atoms. The van der Waals surface area contributed by atoms with Gasteiger partial charge in [-0.05, 0) is 31.1 Å². The molecule has 4 heteroatoms. The van der Waals surface area contributed by atoms with Crippen LogP contribution in [0.5, 0.6) is 0 Å². The standard InChI is InChI=1S/C13H22O4/c1-11(2)4-3-5-13(16,8-11)12(10(14)15)6-7-17-9-12/h16H,3-9H2,1-2H3,(H,14,15). The van der Waals surface area contributed by atoms with Crippen LogP contribution in [0.25, 0.3) is 0 Å². The molecule has 17 heavy (non-hydrogen) atoms. The number of aliphatic hydroxyl groups is 1. The summed E-state index contributed by atoms with van der Waals surface area (Å²) in [6, 6.07) is 0. The van der Waals surface area contributed by atoms with E-state index in [-0.39, 0.29) is 12.0 Å². The van der Waals surface area contributed by atoms with E-state index in [2.05, 4.69) is 13.8 Å². The van der Waals surface area contributed by atoms with Crippen LogP contribution in [0.2, 0.25) is 0 Å². The van der Waals surface area contributed by atoms with Crippen molar-refractivity contribution in [2.75, 3.05) is 13.2 Å². The number of hydrogen-bond donors (Lipinski definition) is 2. The van der Waals surface area contributed by atoms with Gasteiger partial charge in [0.1, 0.15) is 5.41 Å². The molecule has 2 unspecified atom stereocenters. The number of rotatable bonds is 2. The molecule has 1 saturated heterocycles. The van der Waals surface area contributed by atoms with Crippen molar-refractivity contribution < 1.29 is 19.7 Å². The molecular formula is C13H22O4. The molecule has 1 saturated carbocycles. The first-order valence-corrected chi connectivity index (χ1v) is 6.35. The third kappa shape index (κ3) is 1.97. The normalized spacial score (nSPS) is 41.4. The van der Waals surface area contributed by atoms with Crippen LogP contribution in [0, 0.1) is 10.8 Å². The Bertz CT molecular complexity index is 317. The highest BCUT2D eigenvalue weighted by Crippen LogP contribution is 2.52. The summed E-state index contributed by atoms with van der Waals surface area (Å²) in [5, 5.41) is 20.4. The van der Waals surface area contributed by atoms with E-state index in [0.29, 0.717) is 25.9 Å². The summed E-state index contributed by atoms with van der Waals surface area (Å²) in [4.78, 5) is 11.6. The molecule has 1 aliphatic heterocycles. The highest BCUT2D eigenvalue weighted by molar-refractivity contribution is 5.77. The van der Waals surface area contributed by atoms with Crippen molar-refractivity contribution >= 4 is 5.97 Å². The van der Waals surface area contributed by atoms with Gasteiger partial charge >= 0.3 is 5.97 Å². The zero-order valence-electron chi connectivity index (χ0n) is 10.7. The van der Waals surface area contributed by atoms with Crippen LogP contribution in [-0.4, -0.2) is 35.0 Å². The van der Waals surface area contributed by atoms with Gasteiger partial charge in [-0.3, -0.25) is 4.79 Å². The summed E-state index contributed by atoms with van der Waals surface area (Å²) in [5.41, 5.74) is -2.19. The van der Waals surface area contributed by atoms with Crippen LogP contribution in [0.4, 0.5) is 0 Å². The second-order valence-electron chi connectivity index (χ2n) is 6.42. The minimum absolute atomic E-state index is 0.0119. The van der Waals surface area contributed by atoms with Gasteiger partial charge in [-0.25, -0.2) is 0 Å². The largest absolute Gasteiger partial charge is 0.481 e. The van der Waals surface area contributed by atoms with Gasteiger partial charge in [0.25, 0.3) is 0 Å². The van der Waals surface area contributed by atoms with E-state index in [4.69, 9.17) is 4.74 Å². The Balaban J connectivity index is 2.32. The first-order valence-electron chi connectivity index (χ1n) is 6.35. The first kappa shape index (κ1) is 12.8. The maximum absolute atomic E-state index is 11.6. The molecular weight excluding hydrogens is 220 g/mol. The predicted octanol–water partition coefficient (Wildman–Crippen LogP) is 1.81. The molecule has 2 rings (SSSR count). The zero-order chi connectivity index (χ0) is 12.7. The second-order valence-corrected chi connectivity index (χ2v) is 6.42. The van der Waals surface area contributed by atoms with Crippen LogP contribution in [0.1, 0.15) is 46.0 Å². The number of ether oxygens (including phenoxy) is 1. The smallest absolute Gasteiger partial charge is 0.315 e. The van der Waals surface area contributed by atoms with Gasteiger partial charge in [-0.2, -0.15) is 0 Å². The van der Waals surface area contributed by atoms with Crippen molar-refractivity contribution in [1.82, 2.24) is 0 Å². The molecule has 4 nitrogen and oxygen atoms in total. The minimum atomic E-state index is -1.11. The van der Waals surface area contributed by atoms with Crippen molar-refractivity contribution in [1.29, 1.82) is 0 Å².